The summed E-state index contributed by atoms with van der Waals surface area (Å²) in [6.45, 7) is 3.62. The third-order valence-corrected chi connectivity index (χ3v) is 5.37. The van der Waals surface area contributed by atoms with E-state index in [1.54, 1.807) is 55.2 Å². The van der Waals surface area contributed by atoms with Gasteiger partial charge in [0.25, 0.3) is 11.8 Å². The van der Waals surface area contributed by atoms with Crippen LogP contribution in [0.4, 0.5) is 0 Å². The molecule has 4 aromatic heterocycles. The number of carbonyl (C=O) groups excluding carboxylic acids is 2. The van der Waals surface area contributed by atoms with E-state index in [4.69, 9.17) is 4.42 Å². The van der Waals surface area contributed by atoms with Gasteiger partial charge in [-0.3, -0.25) is 25.1 Å². The Hall–Kier alpha value is -4.53. The quantitative estimate of drug-likeness (QED) is 0.415. The molecule has 0 aliphatic carbocycles. The number of furan rings is 1. The van der Waals surface area contributed by atoms with E-state index in [1.807, 2.05) is 25.1 Å². The molecular formula is C24H20N6O3. The number of amides is 2. The number of aryl methyl sites for hydroxylation is 3. The third kappa shape index (κ3) is 3.59. The molecule has 5 rings (SSSR count). The highest BCUT2D eigenvalue weighted by Gasteiger charge is 2.20. The van der Waals surface area contributed by atoms with Crippen molar-refractivity contribution < 1.29 is 14.0 Å². The van der Waals surface area contributed by atoms with Crippen molar-refractivity contribution in [3.05, 3.63) is 77.3 Å². The van der Waals surface area contributed by atoms with Gasteiger partial charge in [-0.25, -0.2) is 9.97 Å². The Morgan fingerprint density at radius 2 is 1.70 bits per heavy atom. The van der Waals surface area contributed by atoms with Gasteiger partial charge in [0.15, 0.2) is 11.4 Å². The summed E-state index contributed by atoms with van der Waals surface area (Å²) in [7, 11) is 1.77. The fraction of sp³-hybridized carbons (Fsp3) is 0.125. The number of pyridine rings is 2. The molecule has 4 heterocycles. The lowest BCUT2D eigenvalue weighted by molar-refractivity contribution is 0.0848. The molecule has 0 radical (unpaired) electrons. The molecule has 9 nitrogen and oxygen atoms in total. The maximum atomic E-state index is 13.1. The van der Waals surface area contributed by atoms with Gasteiger partial charge in [-0.2, -0.15) is 5.10 Å². The number of hydrogen-bond acceptors (Lipinski definition) is 6. The zero-order valence-corrected chi connectivity index (χ0v) is 18.2. The summed E-state index contributed by atoms with van der Waals surface area (Å²) in [5, 5.41) is 5.66. The number of para-hydroxylation sites is 1. The predicted molar refractivity (Wildman–Crippen MR) is 122 cm³/mol. The third-order valence-electron chi connectivity index (χ3n) is 5.37. The lowest BCUT2D eigenvalue weighted by Crippen LogP contribution is -2.41. The molecule has 1 aromatic carbocycles. The van der Waals surface area contributed by atoms with Gasteiger partial charge in [-0.1, -0.05) is 18.2 Å². The average Bonchev–Trinajstić information content (AvgIpc) is 3.44. The highest BCUT2D eigenvalue weighted by Crippen LogP contribution is 2.25. The van der Waals surface area contributed by atoms with Crippen LogP contribution in [-0.4, -0.2) is 31.6 Å². The largest absolute Gasteiger partial charge is 0.463 e. The van der Waals surface area contributed by atoms with Crippen LogP contribution in [0.25, 0.3) is 33.4 Å². The van der Waals surface area contributed by atoms with E-state index in [1.165, 1.54) is 0 Å². The first-order valence-electron chi connectivity index (χ1n) is 10.3. The van der Waals surface area contributed by atoms with Crippen LogP contribution in [0.2, 0.25) is 0 Å². The van der Waals surface area contributed by atoms with Crippen molar-refractivity contribution in [2.45, 2.75) is 13.8 Å². The summed E-state index contributed by atoms with van der Waals surface area (Å²) < 4.78 is 7.08. The SMILES string of the molecule is Cc1cc(C(=O)NNC(=O)c2cc(-c3ccco3)nc3ccccc23)c2c(C)nn(C)c2n1. The predicted octanol–water partition coefficient (Wildman–Crippen LogP) is 3.47. The van der Waals surface area contributed by atoms with Crippen LogP contribution in [-0.2, 0) is 7.05 Å². The summed E-state index contributed by atoms with van der Waals surface area (Å²) in [6.07, 6.45) is 1.55. The number of fused-ring (bicyclic) bond motifs is 2. The number of rotatable bonds is 3. The first-order valence-corrected chi connectivity index (χ1v) is 10.3. The van der Waals surface area contributed by atoms with Crippen molar-refractivity contribution in [2.75, 3.05) is 0 Å². The van der Waals surface area contributed by atoms with Crippen molar-refractivity contribution in [1.29, 1.82) is 0 Å². The average molecular weight is 440 g/mol. The van der Waals surface area contributed by atoms with Crippen LogP contribution >= 0.6 is 0 Å². The van der Waals surface area contributed by atoms with Crippen LogP contribution in [0.5, 0.6) is 0 Å². The molecule has 0 unspecified atom stereocenters. The lowest BCUT2D eigenvalue weighted by atomic mass is 10.1. The molecule has 0 aliphatic heterocycles. The fourth-order valence-electron chi connectivity index (χ4n) is 3.91. The molecule has 0 saturated heterocycles. The molecule has 0 saturated carbocycles. The Labute approximate surface area is 188 Å². The highest BCUT2D eigenvalue weighted by molar-refractivity contribution is 6.10. The number of nitrogens with one attached hydrogen (secondary N) is 2. The Morgan fingerprint density at radius 3 is 2.45 bits per heavy atom. The number of hydrazine groups is 1. The number of hydrogen-bond donors (Lipinski definition) is 2. The van der Waals surface area contributed by atoms with Gasteiger partial charge in [0, 0.05) is 18.1 Å². The second kappa shape index (κ2) is 7.86. The first kappa shape index (κ1) is 20.4. The Bertz CT molecular complexity index is 1540. The van der Waals surface area contributed by atoms with E-state index in [9.17, 15) is 9.59 Å². The van der Waals surface area contributed by atoms with E-state index < -0.39 is 11.8 Å². The Morgan fingerprint density at radius 1 is 0.939 bits per heavy atom. The molecule has 33 heavy (non-hydrogen) atoms. The van der Waals surface area contributed by atoms with Gasteiger partial charge >= 0.3 is 0 Å². The van der Waals surface area contributed by atoms with Crippen molar-refractivity contribution in [3.8, 4) is 11.5 Å². The minimum absolute atomic E-state index is 0.362. The summed E-state index contributed by atoms with van der Waals surface area (Å²) in [6, 6.07) is 14.1. The van der Waals surface area contributed by atoms with Crippen molar-refractivity contribution in [1.82, 2.24) is 30.6 Å². The van der Waals surface area contributed by atoms with Gasteiger partial charge in [0.2, 0.25) is 0 Å². The summed E-state index contributed by atoms with van der Waals surface area (Å²) in [5.74, 6) is -0.389. The van der Waals surface area contributed by atoms with Gasteiger partial charge < -0.3 is 4.42 Å². The number of nitrogens with zero attached hydrogens (tertiary/aromatic N) is 4. The summed E-state index contributed by atoms with van der Waals surface area (Å²) >= 11 is 0. The van der Waals surface area contributed by atoms with Gasteiger partial charge in [0.1, 0.15) is 5.69 Å². The molecule has 0 spiro atoms. The minimum Gasteiger partial charge on any atom is -0.463 e. The first-order chi connectivity index (χ1) is 15.9. The molecule has 0 atom stereocenters. The molecule has 0 fully saturated rings. The number of aromatic nitrogens is 4. The smallest absolute Gasteiger partial charge is 0.270 e. The number of benzene rings is 1. The maximum Gasteiger partial charge on any atom is 0.270 e. The molecule has 0 bridgehead atoms. The lowest BCUT2D eigenvalue weighted by Gasteiger charge is -2.11. The van der Waals surface area contributed by atoms with E-state index in [-0.39, 0.29) is 0 Å². The summed E-state index contributed by atoms with van der Waals surface area (Å²) in [4.78, 5) is 35.2. The second-order valence-electron chi connectivity index (χ2n) is 7.68. The minimum atomic E-state index is -0.473. The van der Waals surface area contributed by atoms with Gasteiger partial charge in [0.05, 0.1) is 34.0 Å². The molecule has 0 aliphatic rings. The zero-order valence-electron chi connectivity index (χ0n) is 18.2. The summed E-state index contributed by atoms with van der Waals surface area (Å²) in [5.41, 5.74) is 8.92. The topological polar surface area (TPSA) is 115 Å². The number of carbonyl (C=O) groups is 2. The Kier molecular flexibility index (Phi) is 4.86. The van der Waals surface area contributed by atoms with E-state index in [2.05, 4.69) is 25.9 Å². The molecule has 9 heteroatoms. The molecular weight excluding hydrogens is 420 g/mol. The van der Waals surface area contributed by atoms with Crippen LogP contribution in [0.1, 0.15) is 32.1 Å². The van der Waals surface area contributed by atoms with Crippen molar-refractivity contribution in [3.63, 3.8) is 0 Å². The molecule has 2 N–H and O–H groups in total. The van der Waals surface area contributed by atoms with E-state index >= 15 is 0 Å². The van der Waals surface area contributed by atoms with Gasteiger partial charge in [-0.15, -0.1) is 0 Å². The van der Waals surface area contributed by atoms with Crippen LogP contribution in [0.3, 0.4) is 0 Å². The van der Waals surface area contributed by atoms with Crippen LogP contribution in [0.15, 0.2) is 59.2 Å². The van der Waals surface area contributed by atoms with Crippen molar-refractivity contribution >= 4 is 33.8 Å². The van der Waals surface area contributed by atoms with Gasteiger partial charge in [-0.05, 0) is 44.2 Å². The monoisotopic (exact) mass is 440 g/mol. The standard InChI is InChI=1S/C24H20N6O3/c1-13-11-17(21-14(2)29-30(3)22(21)25-13)24(32)28-27-23(31)16-12-19(20-9-6-10-33-20)26-18-8-5-4-7-15(16)18/h4-12H,1-3H3,(H,27,31)(H,28,32). The second-order valence-corrected chi connectivity index (χ2v) is 7.68. The van der Waals surface area contributed by atoms with Crippen LogP contribution in [0, 0.1) is 13.8 Å². The normalized spacial score (nSPS) is 11.1. The van der Waals surface area contributed by atoms with E-state index in [0.29, 0.717) is 55.9 Å². The zero-order chi connectivity index (χ0) is 23.1. The molecule has 2 amide bonds. The molecule has 5 aromatic rings. The van der Waals surface area contributed by atoms with E-state index in [0.717, 1.165) is 0 Å². The fourth-order valence-corrected chi connectivity index (χ4v) is 3.91. The highest BCUT2D eigenvalue weighted by atomic mass is 16.3. The molecule has 164 valence electrons. The van der Waals surface area contributed by atoms with Crippen LogP contribution < -0.4 is 10.9 Å². The maximum absolute atomic E-state index is 13.1. The Balaban J connectivity index is 1.47. The van der Waals surface area contributed by atoms with Crippen molar-refractivity contribution in [2.24, 2.45) is 7.05 Å².